The van der Waals surface area contributed by atoms with Gasteiger partial charge < -0.3 is 20.9 Å². The highest BCUT2D eigenvalue weighted by molar-refractivity contribution is 8.00. The molecule has 0 spiro atoms. The van der Waals surface area contributed by atoms with E-state index in [9.17, 15) is 14.4 Å². The van der Waals surface area contributed by atoms with Crippen molar-refractivity contribution in [3.63, 3.8) is 0 Å². The third kappa shape index (κ3) is 4.86. The van der Waals surface area contributed by atoms with E-state index in [0.29, 0.717) is 17.2 Å². The minimum atomic E-state index is -0.0576. The van der Waals surface area contributed by atoms with Crippen molar-refractivity contribution in [3.8, 4) is 0 Å². The minimum Gasteiger partial charge on any atom is -0.339 e. The lowest BCUT2D eigenvalue weighted by Gasteiger charge is -2.16. The molecular weight excluding hydrogens is 388 g/mol. The van der Waals surface area contributed by atoms with E-state index in [1.165, 1.54) is 0 Å². The molecule has 4 amide bonds. The number of hydrogen-bond donors (Lipinski definition) is 3. The Bertz CT molecular complexity index is 764. The molecule has 0 aliphatic carbocycles. The zero-order chi connectivity index (χ0) is 20.2. The molecule has 3 fully saturated rings. The first-order valence-electron chi connectivity index (χ1n) is 10.5. The Morgan fingerprint density at radius 3 is 2.62 bits per heavy atom. The van der Waals surface area contributed by atoms with Crippen LogP contribution in [0.25, 0.3) is 0 Å². The van der Waals surface area contributed by atoms with Gasteiger partial charge in [-0.2, -0.15) is 11.8 Å². The molecule has 3 aliphatic rings. The number of hydrogen-bond acceptors (Lipinski definition) is 4. The predicted molar refractivity (Wildman–Crippen MR) is 114 cm³/mol. The number of carbonyl (C=O) groups is 3. The van der Waals surface area contributed by atoms with E-state index in [-0.39, 0.29) is 29.9 Å². The molecule has 3 N–H and O–H groups in total. The quantitative estimate of drug-likeness (QED) is 0.471. The summed E-state index contributed by atoms with van der Waals surface area (Å²) in [6, 6.07) is 7.59. The lowest BCUT2D eigenvalue weighted by molar-refractivity contribution is -0.116. The molecule has 1 aromatic carbocycles. The molecule has 0 aromatic heterocycles. The van der Waals surface area contributed by atoms with Gasteiger partial charge in [0.15, 0.2) is 0 Å². The second kappa shape index (κ2) is 9.07. The van der Waals surface area contributed by atoms with Gasteiger partial charge in [0.25, 0.3) is 5.91 Å². The van der Waals surface area contributed by atoms with Crippen molar-refractivity contribution < 1.29 is 14.4 Å². The van der Waals surface area contributed by atoms with Gasteiger partial charge in [0.2, 0.25) is 5.91 Å². The number of carbonyl (C=O) groups excluding carboxylic acids is 3. The number of likely N-dealkylation sites (tertiary alicyclic amines) is 1. The van der Waals surface area contributed by atoms with E-state index in [1.807, 2.05) is 16.7 Å². The van der Waals surface area contributed by atoms with E-state index >= 15 is 0 Å². The first-order chi connectivity index (χ1) is 14.1. The average Bonchev–Trinajstić information content (AvgIpc) is 3.44. The van der Waals surface area contributed by atoms with E-state index in [2.05, 4.69) is 16.0 Å². The Morgan fingerprint density at radius 1 is 1.10 bits per heavy atom. The average molecular weight is 417 g/mol. The smallest absolute Gasteiger partial charge is 0.315 e. The number of amides is 4. The van der Waals surface area contributed by atoms with Crippen LogP contribution >= 0.6 is 11.8 Å². The molecule has 0 saturated carbocycles. The van der Waals surface area contributed by atoms with Gasteiger partial charge in [0.05, 0.1) is 12.1 Å². The molecule has 3 heterocycles. The number of unbranched alkanes of at least 4 members (excludes halogenated alkanes) is 1. The highest BCUT2D eigenvalue weighted by atomic mass is 32.2. The summed E-state index contributed by atoms with van der Waals surface area (Å²) < 4.78 is 0. The normalized spacial score (nSPS) is 25.4. The van der Waals surface area contributed by atoms with Crippen LogP contribution in [-0.4, -0.2) is 58.9 Å². The summed E-state index contributed by atoms with van der Waals surface area (Å²) >= 11 is 1.90. The maximum atomic E-state index is 12.4. The van der Waals surface area contributed by atoms with Gasteiger partial charge in [-0.3, -0.25) is 9.59 Å². The van der Waals surface area contributed by atoms with Crippen LogP contribution in [0.4, 0.5) is 10.5 Å². The number of rotatable bonds is 7. The van der Waals surface area contributed by atoms with Gasteiger partial charge in [-0.05, 0) is 49.9 Å². The van der Waals surface area contributed by atoms with Crippen molar-refractivity contribution in [3.05, 3.63) is 29.8 Å². The number of nitrogens with zero attached hydrogens (tertiary/aromatic N) is 1. The fraction of sp³-hybridized carbons (Fsp3) is 0.571. The van der Waals surface area contributed by atoms with Crippen molar-refractivity contribution in [2.24, 2.45) is 0 Å². The second-order valence-corrected chi connectivity index (χ2v) is 9.26. The van der Waals surface area contributed by atoms with Crippen molar-refractivity contribution >= 4 is 35.3 Å². The topological polar surface area (TPSA) is 90.5 Å². The van der Waals surface area contributed by atoms with Crippen LogP contribution in [0.15, 0.2) is 24.3 Å². The van der Waals surface area contributed by atoms with E-state index in [0.717, 1.165) is 56.6 Å². The van der Waals surface area contributed by atoms with Crippen LogP contribution < -0.4 is 16.0 Å². The lowest BCUT2D eigenvalue weighted by Crippen LogP contribution is -2.36. The van der Waals surface area contributed by atoms with Crippen LogP contribution in [0.2, 0.25) is 0 Å². The fourth-order valence-corrected chi connectivity index (χ4v) is 5.84. The molecule has 156 valence electrons. The third-order valence-corrected chi connectivity index (χ3v) is 7.40. The number of urea groups is 1. The molecule has 0 radical (unpaired) electrons. The number of thioether (sulfide) groups is 1. The minimum absolute atomic E-state index is 0.00333. The SMILES string of the molecule is O=C(CCCC[C@@H]1SC[C@@H]2NC(=O)N[C@@H]21)Nc1ccc(C(=O)N2CCCC2)cc1. The molecule has 7 nitrogen and oxygen atoms in total. The summed E-state index contributed by atoms with van der Waals surface area (Å²) in [6.07, 6.45) is 5.43. The van der Waals surface area contributed by atoms with Crippen LogP contribution in [0.1, 0.15) is 48.9 Å². The van der Waals surface area contributed by atoms with Crippen LogP contribution in [0.5, 0.6) is 0 Å². The number of benzene rings is 1. The number of nitrogens with one attached hydrogen (secondary N) is 3. The molecular formula is C21H28N4O3S. The van der Waals surface area contributed by atoms with Gasteiger partial charge in [-0.15, -0.1) is 0 Å². The third-order valence-electron chi connectivity index (χ3n) is 5.89. The van der Waals surface area contributed by atoms with E-state index in [4.69, 9.17) is 0 Å². The summed E-state index contributed by atoms with van der Waals surface area (Å²) in [7, 11) is 0. The standard InChI is InChI=1S/C21H28N4O3S/c26-18(6-2-1-5-17-19-16(13-29-17)23-21(28)24-19)22-15-9-7-14(8-10-15)20(27)25-11-3-4-12-25/h7-10,16-17,19H,1-6,11-13H2,(H,22,26)(H2,23,24,28)/t16-,17-,19-/m0/s1. The van der Waals surface area contributed by atoms with Crippen LogP contribution in [0.3, 0.4) is 0 Å². The summed E-state index contributed by atoms with van der Waals surface area (Å²) in [4.78, 5) is 37.9. The zero-order valence-corrected chi connectivity index (χ0v) is 17.3. The summed E-state index contributed by atoms with van der Waals surface area (Å²) in [5, 5.41) is 9.30. The highest BCUT2D eigenvalue weighted by Crippen LogP contribution is 2.33. The summed E-state index contributed by atoms with van der Waals surface area (Å²) in [5.74, 6) is 1.03. The molecule has 1 aromatic rings. The van der Waals surface area contributed by atoms with Crippen LogP contribution in [-0.2, 0) is 4.79 Å². The van der Waals surface area contributed by atoms with Crippen LogP contribution in [0, 0.1) is 0 Å². The van der Waals surface area contributed by atoms with Gasteiger partial charge >= 0.3 is 6.03 Å². The molecule has 29 heavy (non-hydrogen) atoms. The Hall–Kier alpha value is -2.22. The summed E-state index contributed by atoms with van der Waals surface area (Å²) in [6.45, 7) is 1.67. The Labute approximate surface area is 175 Å². The first-order valence-corrected chi connectivity index (χ1v) is 11.5. The van der Waals surface area contributed by atoms with Gasteiger partial charge in [0.1, 0.15) is 0 Å². The van der Waals surface area contributed by atoms with Crippen molar-refractivity contribution in [2.45, 2.75) is 55.9 Å². The second-order valence-electron chi connectivity index (χ2n) is 7.99. The maximum absolute atomic E-state index is 12.4. The highest BCUT2D eigenvalue weighted by Gasteiger charge is 2.42. The van der Waals surface area contributed by atoms with Crippen molar-refractivity contribution in [1.29, 1.82) is 0 Å². The number of anilines is 1. The molecule has 0 bridgehead atoms. The maximum Gasteiger partial charge on any atom is 0.315 e. The lowest BCUT2D eigenvalue weighted by atomic mass is 10.0. The largest absolute Gasteiger partial charge is 0.339 e. The van der Waals surface area contributed by atoms with E-state index < -0.39 is 0 Å². The molecule has 0 unspecified atom stereocenters. The molecule has 3 aliphatic heterocycles. The van der Waals surface area contributed by atoms with Crippen molar-refractivity contribution in [1.82, 2.24) is 15.5 Å². The first kappa shape index (κ1) is 20.1. The molecule has 3 atom stereocenters. The Balaban J connectivity index is 1.16. The molecule has 4 rings (SSSR count). The molecule has 8 heteroatoms. The Morgan fingerprint density at radius 2 is 1.86 bits per heavy atom. The Kier molecular flexibility index (Phi) is 6.28. The fourth-order valence-electron chi connectivity index (χ4n) is 4.30. The van der Waals surface area contributed by atoms with Crippen molar-refractivity contribution in [2.75, 3.05) is 24.2 Å². The van der Waals surface area contributed by atoms with Gasteiger partial charge in [0, 0.05) is 41.8 Å². The zero-order valence-electron chi connectivity index (χ0n) is 16.5. The monoisotopic (exact) mass is 416 g/mol. The van der Waals surface area contributed by atoms with Gasteiger partial charge in [-0.25, -0.2) is 4.79 Å². The van der Waals surface area contributed by atoms with E-state index in [1.54, 1.807) is 24.3 Å². The molecule has 3 saturated heterocycles. The number of fused-ring (bicyclic) bond motifs is 1. The predicted octanol–water partition coefficient (Wildman–Crippen LogP) is 2.59. The van der Waals surface area contributed by atoms with Gasteiger partial charge in [-0.1, -0.05) is 6.42 Å². The summed E-state index contributed by atoms with van der Waals surface area (Å²) in [5.41, 5.74) is 1.40.